The van der Waals surface area contributed by atoms with Crippen LogP contribution in [0.3, 0.4) is 0 Å². The van der Waals surface area contributed by atoms with E-state index in [0.29, 0.717) is 25.8 Å². The second-order valence-corrected chi connectivity index (χ2v) is 7.09. The zero-order chi connectivity index (χ0) is 20.3. The molecule has 0 heterocycles. The minimum atomic E-state index is -0.702. The first-order valence-corrected chi connectivity index (χ1v) is 10.5. The van der Waals surface area contributed by atoms with Crippen molar-refractivity contribution in [2.45, 2.75) is 96.4 Å². The molecule has 1 unspecified atom stereocenters. The third-order valence-electron chi connectivity index (χ3n) is 4.45. The number of rotatable bonds is 18. The number of carbonyl (C=O) groups excluding carboxylic acids is 2. The van der Waals surface area contributed by atoms with Crippen molar-refractivity contribution >= 4 is 17.7 Å². The van der Waals surface area contributed by atoms with Crippen LogP contribution in [0.2, 0.25) is 0 Å². The molecule has 0 amide bonds. The molecule has 0 fully saturated rings. The highest BCUT2D eigenvalue weighted by Crippen LogP contribution is 2.11. The van der Waals surface area contributed by atoms with Crippen LogP contribution < -0.4 is 17.2 Å². The van der Waals surface area contributed by atoms with Crippen molar-refractivity contribution in [3.63, 3.8) is 0 Å². The monoisotopic (exact) mass is 384 g/mol. The summed E-state index contributed by atoms with van der Waals surface area (Å²) >= 11 is 0. The van der Waals surface area contributed by atoms with Gasteiger partial charge in [0.15, 0.2) is 5.96 Å². The topological polar surface area (TPSA) is 134 Å². The lowest BCUT2D eigenvalue weighted by Gasteiger charge is -2.10. The lowest BCUT2D eigenvalue weighted by atomic mass is 10.0. The van der Waals surface area contributed by atoms with Crippen LogP contribution in [0, 0.1) is 0 Å². The number of hydrogen-bond acceptors (Lipinski definition) is 5. The molecule has 0 aliphatic heterocycles. The Morgan fingerprint density at radius 2 is 1.48 bits per heavy atom. The van der Waals surface area contributed by atoms with E-state index in [1.165, 1.54) is 44.9 Å². The van der Waals surface area contributed by atoms with E-state index in [0.717, 1.165) is 12.8 Å². The smallest absolute Gasteiger partial charge is 0.322 e. The highest BCUT2D eigenvalue weighted by molar-refractivity contribution is 5.79. The molecule has 0 spiro atoms. The Morgan fingerprint density at radius 1 is 0.889 bits per heavy atom. The van der Waals surface area contributed by atoms with E-state index in [2.05, 4.69) is 11.9 Å². The molecular weight excluding hydrogens is 344 g/mol. The largest absolute Gasteiger partial charge is 0.464 e. The minimum Gasteiger partial charge on any atom is -0.464 e. The first-order chi connectivity index (χ1) is 13.0. The number of esters is 1. The molecule has 7 nitrogen and oxygen atoms in total. The molecule has 0 saturated carbocycles. The van der Waals surface area contributed by atoms with Crippen LogP contribution in [0.25, 0.3) is 0 Å². The number of ketones is 1. The van der Waals surface area contributed by atoms with Crippen LogP contribution in [-0.2, 0) is 14.3 Å². The highest BCUT2D eigenvalue weighted by Gasteiger charge is 2.15. The Morgan fingerprint density at radius 3 is 2.07 bits per heavy atom. The van der Waals surface area contributed by atoms with Crippen molar-refractivity contribution in [3.8, 4) is 0 Å². The second-order valence-electron chi connectivity index (χ2n) is 7.09. The molecule has 0 saturated heterocycles. The maximum Gasteiger partial charge on any atom is 0.322 e. The Bertz CT molecular complexity index is 423. The molecule has 0 radical (unpaired) electrons. The van der Waals surface area contributed by atoms with E-state index in [9.17, 15) is 9.59 Å². The first-order valence-electron chi connectivity index (χ1n) is 10.5. The van der Waals surface area contributed by atoms with Gasteiger partial charge in [-0.2, -0.15) is 0 Å². The van der Waals surface area contributed by atoms with Crippen molar-refractivity contribution in [2.75, 3.05) is 13.2 Å². The van der Waals surface area contributed by atoms with Crippen LogP contribution in [0.15, 0.2) is 4.99 Å². The molecule has 0 aromatic carbocycles. The van der Waals surface area contributed by atoms with Crippen molar-refractivity contribution in [3.05, 3.63) is 0 Å². The van der Waals surface area contributed by atoms with E-state index >= 15 is 0 Å². The average Bonchev–Trinajstić information content (AvgIpc) is 2.63. The summed E-state index contributed by atoms with van der Waals surface area (Å²) in [6, 6.07) is -0.702. The Balaban J connectivity index is 3.53. The summed E-state index contributed by atoms with van der Waals surface area (Å²) < 4.78 is 5.07. The first kappa shape index (κ1) is 25.4. The number of aliphatic imine (C=N–C) groups is 1. The summed E-state index contributed by atoms with van der Waals surface area (Å²) in [5.41, 5.74) is 16.2. The Kier molecular flexibility index (Phi) is 16.7. The van der Waals surface area contributed by atoms with Crippen LogP contribution in [-0.4, -0.2) is 36.9 Å². The number of ether oxygens (including phenoxy) is 1. The standard InChI is InChI=1S/C20H40N4O3/c1-2-3-4-5-6-7-8-9-10-12-17(25)14-16-27-19(26)18(21)13-11-15-24-20(22)23/h18H,2-16,21H2,1H3,(H4,22,23,24). The maximum atomic E-state index is 11.8. The fourth-order valence-corrected chi connectivity index (χ4v) is 2.77. The van der Waals surface area contributed by atoms with Gasteiger partial charge in [-0.25, -0.2) is 0 Å². The Hall–Kier alpha value is -1.63. The van der Waals surface area contributed by atoms with Gasteiger partial charge >= 0.3 is 5.97 Å². The van der Waals surface area contributed by atoms with Gasteiger partial charge in [-0.3, -0.25) is 14.6 Å². The fraction of sp³-hybridized carbons (Fsp3) is 0.850. The van der Waals surface area contributed by atoms with Crippen LogP contribution in [0.4, 0.5) is 0 Å². The number of guanidine groups is 1. The molecule has 27 heavy (non-hydrogen) atoms. The van der Waals surface area contributed by atoms with Crippen molar-refractivity contribution in [2.24, 2.45) is 22.2 Å². The fourth-order valence-electron chi connectivity index (χ4n) is 2.77. The molecule has 0 aliphatic rings. The Labute approximate surface area is 164 Å². The van der Waals surface area contributed by atoms with E-state index < -0.39 is 12.0 Å². The number of nitrogens with zero attached hydrogens (tertiary/aromatic N) is 1. The predicted octanol–water partition coefficient (Wildman–Crippen LogP) is 2.79. The summed E-state index contributed by atoms with van der Waals surface area (Å²) in [6.45, 7) is 2.76. The van der Waals surface area contributed by atoms with E-state index in [-0.39, 0.29) is 24.8 Å². The molecular formula is C20H40N4O3. The van der Waals surface area contributed by atoms with Gasteiger partial charge in [0.05, 0.1) is 6.61 Å². The maximum absolute atomic E-state index is 11.8. The molecule has 0 rings (SSSR count). The molecule has 0 aromatic rings. The minimum absolute atomic E-state index is 0.0247. The van der Waals surface area contributed by atoms with Gasteiger partial charge in [0.1, 0.15) is 11.8 Å². The number of unbranched alkanes of at least 4 members (excludes halogenated alkanes) is 8. The number of Topliss-reactive ketones (excluding diaryl/α,β-unsaturated/α-hetero) is 1. The van der Waals surface area contributed by atoms with Crippen LogP contribution >= 0.6 is 0 Å². The second kappa shape index (κ2) is 17.8. The molecule has 0 aliphatic carbocycles. The van der Waals surface area contributed by atoms with Gasteiger partial charge in [0, 0.05) is 19.4 Å². The summed E-state index contributed by atoms with van der Waals surface area (Å²) in [6.07, 6.45) is 12.9. The molecule has 0 bridgehead atoms. The number of hydrogen-bond donors (Lipinski definition) is 3. The van der Waals surface area contributed by atoms with E-state index in [4.69, 9.17) is 21.9 Å². The zero-order valence-corrected chi connectivity index (χ0v) is 17.1. The molecule has 1 atom stereocenters. The van der Waals surface area contributed by atoms with Crippen LogP contribution in [0.1, 0.15) is 90.4 Å². The summed E-state index contributed by atoms with van der Waals surface area (Å²) in [5.74, 6) is -0.306. The normalized spacial score (nSPS) is 11.8. The van der Waals surface area contributed by atoms with Gasteiger partial charge in [0.25, 0.3) is 0 Å². The average molecular weight is 385 g/mol. The van der Waals surface area contributed by atoms with Crippen molar-refractivity contribution in [1.82, 2.24) is 0 Å². The SMILES string of the molecule is CCCCCCCCCCCC(=O)CCOC(=O)C(N)CCCN=C(N)N. The summed E-state index contributed by atoms with van der Waals surface area (Å²) in [7, 11) is 0. The zero-order valence-electron chi connectivity index (χ0n) is 17.1. The third kappa shape index (κ3) is 17.5. The predicted molar refractivity (Wildman–Crippen MR) is 110 cm³/mol. The number of nitrogens with two attached hydrogens (primary N) is 3. The number of carbonyl (C=O) groups is 2. The lowest BCUT2D eigenvalue weighted by Crippen LogP contribution is -2.33. The summed E-state index contributed by atoms with van der Waals surface area (Å²) in [4.78, 5) is 27.4. The quantitative estimate of drug-likeness (QED) is 0.144. The van der Waals surface area contributed by atoms with Crippen molar-refractivity contribution in [1.29, 1.82) is 0 Å². The molecule has 0 aromatic heterocycles. The van der Waals surface area contributed by atoms with Gasteiger partial charge < -0.3 is 21.9 Å². The molecule has 7 heteroatoms. The van der Waals surface area contributed by atoms with Crippen molar-refractivity contribution < 1.29 is 14.3 Å². The van der Waals surface area contributed by atoms with Gasteiger partial charge in [0.2, 0.25) is 0 Å². The van der Waals surface area contributed by atoms with Gasteiger partial charge in [-0.15, -0.1) is 0 Å². The van der Waals surface area contributed by atoms with Gasteiger partial charge in [-0.1, -0.05) is 58.3 Å². The third-order valence-corrected chi connectivity index (χ3v) is 4.45. The van der Waals surface area contributed by atoms with E-state index in [1.54, 1.807) is 0 Å². The summed E-state index contributed by atoms with van der Waals surface area (Å²) in [5, 5.41) is 0. The van der Waals surface area contributed by atoms with Crippen LogP contribution in [0.5, 0.6) is 0 Å². The molecule has 158 valence electrons. The molecule has 6 N–H and O–H groups in total. The van der Waals surface area contributed by atoms with E-state index in [1.807, 2.05) is 0 Å². The lowest BCUT2D eigenvalue weighted by molar-refractivity contribution is -0.145. The van der Waals surface area contributed by atoms with Gasteiger partial charge in [-0.05, 0) is 19.3 Å². The highest BCUT2D eigenvalue weighted by atomic mass is 16.5.